The minimum Gasteiger partial charge on any atom is -0.397 e. The molecule has 3 N–H and O–H groups in total. The van der Waals surface area contributed by atoms with Crippen molar-refractivity contribution >= 4 is 11.6 Å². The van der Waals surface area contributed by atoms with Gasteiger partial charge in [0.05, 0.1) is 11.4 Å². The first-order valence-electron chi connectivity index (χ1n) is 6.03. The zero-order valence-corrected chi connectivity index (χ0v) is 10.2. The third-order valence-electron chi connectivity index (χ3n) is 3.02. The summed E-state index contributed by atoms with van der Waals surface area (Å²) >= 11 is 0. The fourth-order valence-corrected chi connectivity index (χ4v) is 1.67. The molecular weight excluding hydrogens is 226 g/mol. The fourth-order valence-electron chi connectivity index (χ4n) is 1.67. The summed E-state index contributed by atoms with van der Waals surface area (Å²) in [6.07, 6.45) is 7.80. The second-order valence-electron chi connectivity index (χ2n) is 4.61. The van der Waals surface area contributed by atoms with E-state index in [9.17, 15) is 0 Å². The molecule has 3 rings (SSSR count). The second-order valence-corrected chi connectivity index (χ2v) is 4.61. The Kier molecular flexibility index (Phi) is 2.59. The molecular formula is C13H15N5. The Morgan fingerprint density at radius 3 is 2.39 bits per heavy atom. The molecule has 5 heteroatoms. The van der Waals surface area contributed by atoms with Crippen LogP contribution in [-0.4, -0.2) is 21.0 Å². The average molecular weight is 241 g/mol. The van der Waals surface area contributed by atoms with E-state index in [1.54, 1.807) is 18.6 Å². The third-order valence-corrected chi connectivity index (χ3v) is 3.02. The van der Waals surface area contributed by atoms with Gasteiger partial charge in [0.2, 0.25) is 5.95 Å². The van der Waals surface area contributed by atoms with E-state index in [0.29, 0.717) is 17.7 Å². The van der Waals surface area contributed by atoms with E-state index < -0.39 is 0 Å². The van der Waals surface area contributed by atoms with Crippen LogP contribution in [0, 0.1) is 6.92 Å². The van der Waals surface area contributed by atoms with Gasteiger partial charge >= 0.3 is 0 Å². The van der Waals surface area contributed by atoms with Crippen molar-refractivity contribution in [3.63, 3.8) is 0 Å². The van der Waals surface area contributed by atoms with Crippen LogP contribution in [0.3, 0.4) is 0 Å². The molecule has 0 aliphatic heterocycles. The van der Waals surface area contributed by atoms with Gasteiger partial charge in [0.1, 0.15) is 0 Å². The van der Waals surface area contributed by atoms with Crippen LogP contribution in [0.4, 0.5) is 11.6 Å². The van der Waals surface area contributed by atoms with E-state index in [1.807, 2.05) is 13.0 Å². The molecule has 0 atom stereocenters. The molecule has 0 bridgehead atoms. The number of anilines is 2. The maximum atomic E-state index is 5.85. The first-order valence-corrected chi connectivity index (χ1v) is 6.03. The Bertz CT molecular complexity index is 560. The van der Waals surface area contributed by atoms with E-state index in [4.69, 9.17) is 5.73 Å². The number of hydrogen-bond donors (Lipinski definition) is 2. The largest absolute Gasteiger partial charge is 0.397 e. The minimum absolute atomic E-state index is 0.563. The molecule has 0 amide bonds. The zero-order valence-electron chi connectivity index (χ0n) is 10.2. The maximum Gasteiger partial charge on any atom is 0.222 e. The van der Waals surface area contributed by atoms with Crippen LogP contribution in [-0.2, 0) is 0 Å². The van der Waals surface area contributed by atoms with Crippen molar-refractivity contribution in [3.05, 3.63) is 30.4 Å². The van der Waals surface area contributed by atoms with Crippen molar-refractivity contribution in [1.82, 2.24) is 15.0 Å². The molecule has 2 aromatic heterocycles. The number of hydrogen-bond acceptors (Lipinski definition) is 5. The summed E-state index contributed by atoms with van der Waals surface area (Å²) in [4.78, 5) is 12.8. The highest BCUT2D eigenvalue weighted by atomic mass is 15.1. The lowest BCUT2D eigenvalue weighted by Gasteiger charge is -2.05. The van der Waals surface area contributed by atoms with Crippen LogP contribution in [0.25, 0.3) is 11.1 Å². The van der Waals surface area contributed by atoms with Crippen LogP contribution in [0.15, 0.2) is 24.7 Å². The molecule has 2 heterocycles. The number of aromatic nitrogens is 3. The average Bonchev–Trinajstić information content (AvgIpc) is 3.18. The van der Waals surface area contributed by atoms with Crippen LogP contribution < -0.4 is 11.1 Å². The smallest absolute Gasteiger partial charge is 0.222 e. The molecule has 1 saturated carbocycles. The van der Waals surface area contributed by atoms with Gasteiger partial charge in [0.25, 0.3) is 0 Å². The van der Waals surface area contributed by atoms with Gasteiger partial charge in [0.15, 0.2) is 0 Å². The predicted octanol–water partition coefficient (Wildman–Crippen LogP) is 2.00. The molecule has 1 aliphatic carbocycles. The van der Waals surface area contributed by atoms with Crippen molar-refractivity contribution < 1.29 is 0 Å². The highest BCUT2D eigenvalue weighted by Gasteiger charge is 2.21. The summed E-state index contributed by atoms with van der Waals surface area (Å²) in [5.41, 5.74) is 9.24. The van der Waals surface area contributed by atoms with Crippen molar-refractivity contribution in [2.45, 2.75) is 25.8 Å². The number of nitrogen functional groups attached to an aromatic ring is 1. The lowest BCUT2D eigenvalue weighted by atomic mass is 10.1. The van der Waals surface area contributed by atoms with Crippen LogP contribution in [0.1, 0.15) is 18.5 Å². The molecule has 5 nitrogen and oxygen atoms in total. The fraction of sp³-hybridized carbons (Fsp3) is 0.308. The number of nitrogens with zero attached hydrogens (tertiary/aromatic N) is 3. The van der Waals surface area contributed by atoms with Gasteiger partial charge in [-0.3, -0.25) is 4.98 Å². The standard InChI is InChI=1S/C13H15N5/c1-8-12(14)4-9(5-15-8)10-6-16-13(17-7-10)18-11-2-3-11/h4-7,11H,2-3,14H2,1H3,(H,16,17,18). The minimum atomic E-state index is 0.563. The van der Waals surface area contributed by atoms with Gasteiger partial charge in [-0.2, -0.15) is 0 Å². The molecule has 1 fully saturated rings. The van der Waals surface area contributed by atoms with Gasteiger partial charge in [0, 0.05) is 35.8 Å². The lowest BCUT2D eigenvalue weighted by Crippen LogP contribution is -2.04. The maximum absolute atomic E-state index is 5.85. The molecule has 1 aliphatic rings. The van der Waals surface area contributed by atoms with Crippen molar-refractivity contribution in [2.75, 3.05) is 11.1 Å². The van der Waals surface area contributed by atoms with Crippen LogP contribution in [0.2, 0.25) is 0 Å². The summed E-state index contributed by atoms with van der Waals surface area (Å²) in [5.74, 6) is 0.689. The summed E-state index contributed by atoms with van der Waals surface area (Å²) < 4.78 is 0. The quantitative estimate of drug-likeness (QED) is 0.859. The summed E-state index contributed by atoms with van der Waals surface area (Å²) in [7, 11) is 0. The number of rotatable bonds is 3. The second kappa shape index (κ2) is 4.25. The molecule has 0 radical (unpaired) electrons. The highest BCUT2D eigenvalue weighted by molar-refractivity contribution is 5.66. The van der Waals surface area contributed by atoms with Gasteiger partial charge in [-0.05, 0) is 25.8 Å². The lowest BCUT2D eigenvalue weighted by molar-refractivity contribution is 1.05. The Labute approximate surface area is 105 Å². The number of nitrogens with one attached hydrogen (secondary N) is 1. The third kappa shape index (κ3) is 2.25. The Morgan fingerprint density at radius 1 is 1.11 bits per heavy atom. The molecule has 0 unspecified atom stereocenters. The number of aryl methyl sites for hydroxylation is 1. The molecule has 0 saturated heterocycles. The summed E-state index contributed by atoms with van der Waals surface area (Å²) in [5, 5.41) is 3.25. The van der Waals surface area contributed by atoms with Crippen molar-refractivity contribution in [3.8, 4) is 11.1 Å². The molecule has 0 aromatic carbocycles. The van der Waals surface area contributed by atoms with Crippen LogP contribution >= 0.6 is 0 Å². The first kappa shape index (κ1) is 11.0. The topological polar surface area (TPSA) is 76.7 Å². The first-order chi connectivity index (χ1) is 8.72. The number of pyridine rings is 1. The van der Waals surface area contributed by atoms with E-state index >= 15 is 0 Å². The summed E-state index contributed by atoms with van der Waals surface area (Å²) in [6.45, 7) is 1.89. The van der Waals surface area contributed by atoms with E-state index in [0.717, 1.165) is 16.8 Å². The van der Waals surface area contributed by atoms with Crippen molar-refractivity contribution in [1.29, 1.82) is 0 Å². The predicted molar refractivity (Wildman–Crippen MR) is 71.1 cm³/mol. The number of nitrogens with two attached hydrogens (primary N) is 1. The summed E-state index contributed by atoms with van der Waals surface area (Å²) in [6, 6.07) is 2.46. The Balaban J connectivity index is 1.84. The van der Waals surface area contributed by atoms with E-state index in [-0.39, 0.29) is 0 Å². The van der Waals surface area contributed by atoms with Gasteiger partial charge in [-0.15, -0.1) is 0 Å². The van der Waals surface area contributed by atoms with E-state index in [1.165, 1.54) is 12.8 Å². The van der Waals surface area contributed by atoms with Crippen molar-refractivity contribution in [2.24, 2.45) is 0 Å². The SMILES string of the molecule is Cc1ncc(-c2cnc(NC3CC3)nc2)cc1N. The van der Waals surface area contributed by atoms with Gasteiger partial charge < -0.3 is 11.1 Å². The monoisotopic (exact) mass is 241 g/mol. The normalized spacial score (nSPS) is 14.5. The molecule has 92 valence electrons. The Hall–Kier alpha value is -2.17. The molecule has 2 aromatic rings. The van der Waals surface area contributed by atoms with Gasteiger partial charge in [-0.25, -0.2) is 9.97 Å². The zero-order chi connectivity index (χ0) is 12.5. The molecule has 0 spiro atoms. The highest BCUT2D eigenvalue weighted by Crippen LogP contribution is 2.24. The van der Waals surface area contributed by atoms with Crippen LogP contribution in [0.5, 0.6) is 0 Å². The van der Waals surface area contributed by atoms with E-state index in [2.05, 4.69) is 20.3 Å². The molecule has 18 heavy (non-hydrogen) atoms. The Morgan fingerprint density at radius 2 is 1.78 bits per heavy atom. The van der Waals surface area contributed by atoms with Gasteiger partial charge in [-0.1, -0.05) is 0 Å².